The first-order valence-electron chi connectivity index (χ1n) is 9.14. The zero-order chi connectivity index (χ0) is 20.8. The topological polar surface area (TPSA) is 129 Å². The van der Waals surface area contributed by atoms with Crippen LogP contribution in [0.15, 0.2) is 0 Å². The van der Waals surface area contributed by atoms with Gasteiger partial charge in [-0.3, -0.25) is 9.59 Å². The molecular formula is C18H35N3O6. The van der Waals surface area contributed by atoms with Crippen molar-refractivity contribution >= 4 is 18.1 Å². The van der Waals surface area contributed by atoms with E-state index in [9.17, 15) is 14.4 Å². The highest BCUT2D eigenvalue weighted by Crippen LogP contribution is 2.19. The molecule has 0 radical (unpaired) electrons. The Balaban J connectivity index is 3.88. The fourth-order valence-electron chi connectivity index (χ4n) is 2.05. The van der Waals surface area contributed by atoms with Gasteiger partial charge in [-0.25, -0.2) is 0 Å². The summed E-state index contributed by atoms with van der Waals surface area (Å²) < 4.78 is 16.5. The molecule has 0 aromatic rings. The minimum absolute atomic E-state index is 0.0696. The molecule has 0 aromatic carbocycles. The molecule has 27 heavy (non-hydrogen) atoms. The van der Waals surface area contributed by atoms with Crippen LogP contribution in [0.25, 0.3) is 0 Å². The number of hydrogen-bond acceptors (Lipinski definition) is 7. The van der Waals surface area contributed by atoms with E-state index in [1.165, 1.54) is 0 Å². The van der Waals surface area contributed by atoms with Crippen molar-refractivity contribution in [3.63, 3.8) is 0 Å². The molecule has 9 nitrogen and oxygen atoms in total. The van der Waals surface area contributed by atoms with Crippen LogP contribution in [0.2, 0.25) is 0 Å². The van der Waals surface area contributed by atoms with Gasteiger partial charge in [-0.2, -0.15) is 0 Å². The lowest BCUT2D eigenvalue weighted by Gasteiger charge is -2.29. The van der Waals surface area contributed by atoms with E-state index in [-0.39, 0.29) is 31.3 Å². The summed E-state index contributed by atoms with van der Waals surface area (Å²) in [7, 11) is 0. The van der Waals surface area contributed by atoms with Crippen molar-refractivity contribution in [1.29, 1.82) is 0 Å². The first kappa shape index (κ1) is 25.4. The Labute approximate surface area is 161 Å². The third-order valence-corrected chi connectivity index (χ3v) is 3.71. The molecule has 0 rings (SSSR count). The highest BCUT2D eigenvalue weighted by Gasteiger charge is 2.22. The Morgan fingerprint density at radius 3 is 2.07 bits per heavy atom. The smallest absolute Gasteiger partial charge is 0.246 e. The lowest BCUT2D eigenvalue weighted by molar-refractivity contribution is -0.131. The minimum atomic E-state index is -0.442. The van der Waals surface area contributed by atoms with Crippen molar-refractivity contribution in [2.24, 2.45) is 5.73 Å². The van der Waals surface area contributed by atoms with Crippen LogP contribution in [0.4, 0.5) is 0 Å². The van der Waals surface area contributed by atoms with Crippen LogP contribution in [0.1, 0.15) is 40.5 Å². The maximum Gasteiger partial charge on any atom is 0.246 e. The van der Waals surface area contributed by atoms with Gasteiger partial charge in [-0.15, -0.1) is 0 Å². The van der Waals surface area contributed by atoms with Gasteiger partial charge in [-0.05, 0) is 40.5 Å². The molecule has 0 bridgehead atoms. The minimum Gasteiger partial charge on any atom is -0.375 e. The number of nitrogens with one attached hydrogen (secondary N) is 2. The van der Waals surface area contributed by atoms with Gasteiger partial charge >= 0.3 is 0 Å². The Hall–Kier alpha value is -1.55. The van der Waals surface area contributed by atoms with E-state index in [4.69, 9.17) is 19.9 Å². The molecule has 0 fully saturated rings. The summed E-state index contributed by atoms with van der Waals surface area (Å²) in [5.74, 6) is -0.756. The normalized spacial score (nSPS) is 11.9. The van der Waals surface area contributed by atoms with Crippen LogP contribution in [-0.2, 0) is 28.6 Å². The summed E-state index contributed by atoms with van der Waals surface area (Å²) in [4.78, 5) is 33.0. The Morgan fingerprint density at radius 2 is 1.48 bits per heavy atom. The third kappa shape index (κ3) is 15.2. The second-order valence-corrected chi connectivity index (χ2v) is 7.32. The molecular weight excluding hydrogens is 354 g/mol. The first-order valence-corrected chi connectivity index (χ1v) is 9.14. The summed E-state index contributed by atoms with van der Waals surface area (Å²) in [6.45, 7) is 9.33. The molecule has 0 aliphatic rings. The van der Waals surface area contributed by atoms with Gasteiger partial charge in [-0.1, -0.05) is 0 Å². The molecule has 0 heterocycles. The van der Waals surface area contributed by atoms with Crippen LogP contribution >= 0.6 is 0 Å². The zero-order valence-electron chi connectivity index (χ0n) is 17.0. The van der Waals surface area contributed by atoms with Crippen LogP contribution in [0, 0.1) is 0 Å². The van der Waals surface area contributed by atoms with E-state index in [0.29, 0.717) is 39.0 Å². The molecule has 0 aromatic heterocycles. The van der Waals surface area contributed by atoms with Crippen molar-refractivity contribution < 1.29 is 28.6 Å². The molecule has 2 amide bonds. The number of ether oxygens (including phenoxy) is 3. The van der Waals surface area contributed by atoms with E-state index in [1.807, 2.05) is 27.7 Å². The van der Waals surface area contributed by atoms with Gasteiger partial charge < -0.3 is 35.4 Å². The van der Waals surface area contributed by atoms with Crippen LogP contribution in [0.5, 0.6) is 0 Å². The molecule has 0 spiro atoms. The summed E-state index contributed by atoms with van der Waals surface area (Å²) in [6.07, 6.45) is 1.94. The average Bonchev–Trinajstić information content (AvgIpc) is 2.57. The van der Waals surface area contributed by atoms with Crippen molar-refractivity contribution in [3.05, 3.63) is 0 Å². The quantitative estimate of drug-likeness (QED) is 0.311. The standard InChI is InChI=1S/C18H35N3O6/c1-17(2,26-11-6-18(3,4)27-12-7-19)5-8-20-15(23)13-25-14-16(24)21-9-10-22/h10H,5-9,11-14,19H2,1-4H3,(H,20,23)(H,21,24). The fraction of sp³-hybridized carbons (Fsp3) is 0.833. The highest BCUT2D eigenvalue weighted by molar-refractivity contribution is 5.80. The molecule has 9 heteroatoms. The first-order chi connectivity index (χ1) is 12.6. The third-order valence-electron chi connectivity index (χ3n) is 3.71. The van der Waals surface area contributed by atoms with Crippen molar-refractivity contribution in [2.75, 3.05) is 46.1 Å². The van der Waals surface area contributed by atoms with Crippen LogP contribution in [0.3, 0.4) is 0 Å². The number of amides is 2. The molecule has 0 aliphatic carbocycles. The molecule has 4 N–H and O–H groups in total. The van der Waals surface area contributed by atoms with Crippen molar-refractivity contribution in [1.82, 2.24) is 10.6 Å². The number of nitrogens with two attached hydrogens (primary N) is 1. The van der Waals surface area contributed by atoms with E-state index in [1.54, 1.807) is 0 Å². The zero-order valence-corrected chi connectivity index (χ0v) is 17.0. The average molecular weight is 389 g/mol. The second-order valence-electron chi connectivity index (χ2n) is 7.32. The maximum absolute atomic E-state index is 11.7. The maximum atomic E-state index is 11.7. The number of carbonyl (C=O) groups is 3. The number of aldehydes is 1. The largest absolute Gasteiger partial charge is 0.375 e. The van der Waals surface area contributed by atoms with Crippen LogP contribution < -0.4 is 16.4 Å². The highest BCUT2D eigenvalue weighted by atomic mass is 16.5. The van der Waals surface area contributed by atoms with Gasteiger partial charge in [0.2, 0.25) is 11.8 Å². The van der Waals surface area contributed by atoms with Crippen LogP contribution in [-0.4, -0.2) is 75.4 Å². The van der Waals surface area contributed by atoms with Gasteiger partial charge in [0.25, 0.3) is 0 Å². The lowest BCUT2D eigenvalue weighted by Crippen LogP contribution is -2.37. The van der Waals surface area contributed by atoms with Gasteiger partial charge in [0, 0.05) is 13.1 Å². The van der Waals surface area contributed by atoms with Gasteiger partial charge in [0.15, 0.2) is 0 Å². The van der Waals surface area contributed by atoms with E-state index >= 15 is 0 Å². The van der Waals surface area contributed by atoms with E-state index in [2.05, 4.69) is 10.6 Å². The molecule has 158 valence electrons. The lowest BCUT2D eigenvalue weighted by atomic mass is 10.0. The Kier molecular flexibility index (Phi) is 12.8. The number of rotatable bonds is 16. The van der Waals surface area contributed by atoms with Crippen molar-refractivity contribution in [2.45, 2.75) is 51.7 Å². The van der Waals surface area contributed by atoms with E-state index < -0.39 is 11.5 Å². The summed E-state index contributed by atoms with van der Waals surface area (Å²) in [5, 5.41) is 5.03. The summed E-state index contributed by atoms with van der Waals surface area (Å²) >= 11 is 0. The SMILES string of the molecule is CC(C)(CCNC(=O)COCC(=O)NCC=O)OCCC(C)(C)OCCN. The number of carbonyl (C=O) groups excluding carboxylic acids is 3. The Bertz CT molecular complexity index is 454. The van der Waals surface area contributed by atoms with Crippen molar-refractivity contribution in [3.8, 4) is 0 Å². The molecule has 0 unspecified atom stereocenters. The monoisotopic (exact) mass is 389 g/mol. The molecule has 0 aliphatic heterocycles. The second kappa shape index (κ2) is 13.6. The molecule has 0 saturated heterocycles. The predicted octanol–water partition coefficient (Wildman–Crippen LogP) is -0.236. The molecule has 0 atom stereocenters. The van der Waals surface area contributed by atoms with Gasteiger partial charge in [0.05, 0.1) is 31.0 Å². The summed E-state index contributed by atoms with van der Waals surface area (Å²) in [6, 6.07) is 0. The fourth-order valence-corrected chi connectivity index (χ4v) is 2.05. The van der Waals surface area contributed by atoms with E-state index in [0.717, 1.165) is 6.42 Å². The Morgan fingerprint density at radius 1 is 0.926 bits per heavy atom. The van der Waals surface area contributed by atoms with Gasteiger partial charge in [0.1, 0.15) is 19.5 Å². The number of hydrogen-bond donors (Lipinski definition) is 3. The molecule has 0 saturated carbocycles. The predicted molar refractivity (Wildman–Crippen MR) is 101 cm³/mol. The summed E-state index contributed by atoms with van der Waals surface area (Å²) in [5.41, 5.74) is 4.76.